The van der Waals surface area contributed by atoms with E-state index in [9.17, 15) is 22.4 Å². The van der Waals surface area contributed by atoms with Crippen molar-refractivity contribution in [1.29, 1.82) is 0 Å². The fourth-order valence-electron chi connectivity index (χ4n) is 4.87. The second kappa shape index (κ2) is 14.8. The summed E-state index contributed by atoms with van der Waals surface area (Å²) in [6.07, 6.45) is -2.63. The molecule has 3 unspecified atom stereocenters. The normalized spacial score (nSPS) is 18.1. The average Bonchev–Trinajstić information content (AvgIpc) is 3.59. The van der Waals surface area contributed by atoms with Gasteiger partial charge in [0.05, 0.1) is 22.9 Å². The molecule has 5 rings (SSSR count). The molecule has 1 saturated heterocycles. The van der Waals surface area contributed by atoms with Gasteiger partial charge < -0.3 is 20.0 Å². The van der Waals surface area contributed by atoms with Gasteiger partial charge in [-0.05, 0) is 56.2 Å². The highest BCUT2D eigenvalue weighted by Gasteiger charge is 2.33. The van der Waals surface area contributed by atoms with E-state index < -0.39 is 24.7 Å². The van der Waals surface area contributed by atoms with E-state index in [0.717, 1.165) is 29.6 Å². The number of hydrogen-bond donors (Lipinski definition) is 2. The summed E-state index contributed by atoms with van der Waals surface area (Å²) in [6, 6.07) is 12.6. The van der Waals surface area contributed by atoms with Gasteiger partial charge in [-0.25, -0.2) is 4.39 Å². The van der Waals surface area contributed by atoms with Crippen molar-refractivity contribution in [3.8, 4) is 10.7 Å². The molecule has 42 heavy (non-hydrogen) atoms. The number of halogens is 4. The largest absolute Gasteiger partial charge is 0.393 e. The van der Waals surface area contributed by atoms with Crippen molar-refractivity contribution in [2.24, 2.45) is 0 Å². The summed E-state index contributed by atoms with van der Waals surface area (Å²) in [5.41, 5.74) is 1.01. The Hall–Kier alpha value is -3.26. The van der Waals surface area contributed by atoms with Crippen LogP contribution in [0.1, 0.15) is 35.9 Å². The maximum absolute atomic E-state index is 13.3. The molecular formula is C29H34F4N6O2S. The van der Waals surface area contributed by atoms with Crippen molar-refractivity contribution in [2.75, 3.05) is 33.7 Å². The third-order valence-electron chi connectivity index (χ3n) is 6.92. The Labute approximate surface area is 245 Å². The lowest BCUT2D eigenvalue weighted by atomic mass is 10.1. The fourth-order valence-corrected chi connectivity index (χ4v) is 6.02. The van der Waals surface area contributed by atoms with Crippen LogP contribution in [-0.4, -0.2) is 78.4 Å². The standard InChI is InChI=1S/C23H21F3N4O2S.C6H13FN2/c1-30(14-16-6-4-5-10-27-16)13-15(9-11-31)22-28-21(29-32-22)20-18(12-23(24,25)26)17-7-2-3-8-19(17)33-20;1-8-6-2-3-9-4-5(6)7/h2-8,10-11,15H,9,12-14H2,1H3;5-6,8-9H,2-4H2,1H3. The summed E-state index contributed by atoms with van der Waals surface area (Å²) < 4.78 is 58.7. The van der Waals surface area contributed by atoms with Gasteiger partial charge in [-0.2, -0.15) is 18.2 Å². The van der Waals surface area contributed by atoms with Crippen LogP contribution in [0.3, 0.4) is 0 Å². The van der Waals surface area contributed by atoms with Gasteiger partial charge in [-0.15, -0.1) is 11.3 Å². The molecule has 0 radical (unpaired) electrons. The molecule has 0 spiro atoms. The lowest BCUT2D eigenvalue weighted by Crippen LogP contribution is -2.47. The van der Waals surface area contributed by atoms with Gasteiger partial charge >= 0.3 is 6.18 Å². The second-order valence-electron chi connectivity index (χ2n) is 10.2. The molecule has 3 atom stereocenters. The number of pyridine rings is 1. The molecule has 2 N–H and O–H groups in total. The molecule has 1 aromatic carbocycles. The molecule has 226 valence electrons. The molecule has 0 amide bonds. The number of piperidine rings is 1. The maximum Gasteiger partial charge on any atom is 0.393 e. The Morgan fingerprint density at radius 2 is 2.02 bits per heavy atom. The summed E-state index contributed by atoms with van der Waals surface area (Å²) >= 11 is 1.20. The molecule has 4 aromatic rings. The lowest BCUT2D eigenvalue weighted by Gasteiger charge is -2.25. The highest BCUT2D eigenvalue weighted by Crippen LogP contribution is 2.40. The van der Waals surface area contributed by atoms with Gasteiger partial charge in [0.2, 0.25) is 11.7 Å². The average molecular weight is 607 g/mol. The quantitative estimate of drug-likeness (QED) is 0.189. The topological polar surface area (TPSA) is 96.2 Å². The molecule has 3 aromatic heterocycles. The van der Waals surface area contributed by atoms with Crippen LogP contribution in [0, 0.1) is 0 Å². The van der Waals surface area contributed by atoms with E-state index in [1.54, 1.807) is 30.5 Å². The number of likely N-dealkylation sites (N-methyl/N-ethyl adjacent to an activating group) is 1. The van der Waals surface area contributed by atoms with Crippen LogP contribution < -0.4 is 10.6 Å². The van der Waals surface area contributed by atoms with Gasteiger partial charge in [-0.3, -0.25) is 9.88 Å². The third kappa shape index (κ3) is 8.63. The number of fused-ring (bicyclic) bond motifs is 1. The monoisotopic (exact) mass is 606 g/mol. The minimum absolute atomic E-state index is 0.0752. The first-order valence-electron chi connectivity index (χ1n) is 13.6. The smallest absolute Gasteiger partial charge is 0.339 e. The highest BCUT2D eigenvalue weighted by molar-refractivity contribution is 7.22. The lowest BCUT2D eigenvalue weighted by molar-refractivity contribution is -0.126. The van der Waals surface area contributed by atoms with Gasteiger partial charge in [0, 0.05) is 43.0 Å². The van der Waals surface area contributed by atoms with Crippen molar-refractivity contribution in [1.82, 2.24) is 30.7 Å². The van der Waals surface area contributed by atoms with E-state index in [0.29, 0.717) is 29.9 Å². The van der Waals surface area contributed by atoms with Crippen LogP contribution in [0.25, 0.3) is 20.8 Å². The number of carbonyl (C=O) groups excluding carboxylic acids is 1. The van der Waals surface area contributed by atoms with Crippen molar-refractivity contribution >= 4 is 27.7 Å². The van der Waals surface area contributed by atoms with Crippen molar-refractivity contribution < 1.29 is 26.9 Å². The van der Waals surface area contributed by atoms with E-state index >= 15 is 0 Å². The number of benzene rings is 1. The summed E-state index contributed by atoms with van der Waals surface area (Å²) in [6.45, 7) is 2.44. The van der Waals surface area contributed by atoms with E-state index in [1.807, 2.05) is 37.2 Å². The summed E-state index contributed by atoms with van der Waals surface area (Å²) in [4.78, 5) is 22.3. The molecule has 4 heterocycles. The first kappa shape index (κ1) is 31.7. The van der Waals surface area contributed by atoms with Crippen LogP contribution in [0.4, 0.5) is 17.6 Å². The molecule has 1 aliphatic heterocycles. The Bertz CT molecular complexity index is 1410. The summed E-state index contributed by atoms with van der Waals surface area (Å²) in [7, 11) is 3.69. The highest BCUT2D eigenvalue weighted by atomic mass is 32.1. The van der Waals surface area contributed by atoms with E-state index in [2.05, 4.69) is 25.8 Å². The van der Waals surface area contributed by atoms with E-state index in [1.165, 1.54) is 11.3 Å². The number of aldehydes is 1. The molecule has 0 aliphatic carbocycles. The number of thiophene rings is 1. The first-order chi connectivity index (χ1) is 20.2. The van der Waals surface area contributed by atoms with Crippen molar-refractivity contribution in [3.63, 3.8) is 0 Å². The van der Waals surface area contributed by atoms with Crippen molar-refractivity contribution in [3.05, 3.63) is 65.8 Å². The summed E-state index contributed by atoms with van der Waals surface area (Å²) in [5.74, 6) is -0.0629. The molecule has 13 heteroatoms. The van der Waals surface area contributed by atoms with Crippen LogP contribution in [0.5, 0.6) is 0 Å². The van der Waals surface area contributed by atoms with Crippen LogP contribution >= 0.6 is 11.3 Å². The molecule has 0 saturated carbocycles. The fraction of sp³-hybridized carbons (Fsp3) is 0.448. The van der Waals surface area contributed by atoms with Gasteiger partial charge in [-0.1, -0.05) is 29.4 Å². The zero-order valence-corrected chi connectivity index (χ0v) is 24.2. The number of carbonyl (C=O) groups is 1. The van der Waals surface area contributed by atoms with Crippen LogP contribution in [0.15, 0.2) is 53.2 Å². The second-order valence-corrected chi connectivity index (χ2v) is 11.2. The maximum atomic E-state index is 13.3. The molecular weight excluding hydrogens is 572 g/mol. The summed E-state index contributed by atoms with van der Waals surface area (Å²) in [5, 5.41) is 10.4. The number of nitrogens with one attached hydrogen (secondary N) is 2. The molecule has 0 bridgehead atoms. The SMILES string of the molecule is CN(Cc1ccccn1)CC(CC=O)c1nc(-c2sc3ccccc3c2CC(F)(F)F)no1.CNC1CCNCC1F. The number of aromatic nitrogens is 3. The van der Waals surface area contributed by atoms with E-state index in [-0.39, 0.29) is 29.7 Å². The van der Waals surface area contributed by atoms with Crippen LogP contribution in [0.2, 0.25) is 0 Å². The number of alkyl halides is 4. The van der Waals surface area contributed by atoms with E-state index in [4.69, 9.17) is 4.52 Å². The number of rotatable bonds is 10. The Morgan fingerprint density at radius 1 is 1.24 bits per heavy atom. The Morgan fingerprint density at radius 3 is 2.69 bits per heavy atom. The predicted octanol–water partition coefficient (Wildman–Crippen LogP) is 5.16. The molecule has 8 nitrogen and oxygen atoms in total. The first-order valence-corrected chi connectivity index (χ1v) is 14.5. The third-order valence-corrected chi connectivity index (χ3v) is 8.13. The molecule has 1 fully saturated rings. The Kier molecular flexibility index (Phi) is 11.1. The van der Waals surface area contributed by atoms with Gasteiger partial charge in [0.1, 0.15) is 12.5 Å². The zero-order valence-electron chi connectivity index (χ0n) is 23.4. The Balaban J connectivity index is 0.000000385. The molecule has 1 aliphatic rings. The minimum atomic E-state index is -4.38. The predicted molar refractivity (Wildman–Crippen MR) is 154 cm³/mol. The van der Waals surface area contributed by atoms with Gasteiger partial charge in [0.15, 0.2) is 0 Å². The number of hydrogen-bond acceptors (Lipinski definition) is 9. The zero-order chi connectivity index (χ0) is 30.1. The minimum Gasteiger partial charge on any atom is -0.339 e. The van der Waals surface area contributed by atoms with Crippen LogP contribution in [-0.2, 0) is 17.8 Å². The van der Waals surface area contributed by atoms with Crippen molar-refractivity contribution in [2.45, 2.75) is 50.1 Å². The van der Waals surface area contributed by atoms with Gasteiger partial charge in [0.25, 0.3) is 0 Å². The number of nitrogens with zero attached hydrogens (tertiary/aromatic N) is 4.